The van der Waals surface area contributed by atoms with Crippen molar-refractivity contribution in [2.24, 2.45) is 4.99 Å². The Hall–Kier alpha value is -3.72. The Kier molecular flexibility index (Phi) is 7.87. The quantitative estimate of drug-likeness (QED) is 0.178. The molecule has 2 aromatic carbocycles. The van der Waals surface area contributed by atoms with Crippen LogP contribution in [-0.4, -0.2) is 41.4 Å². The molecule has 198 valence electrons. The fourth-order valence-electron chi connectivity index (χ4n) is 4.11. The van der Waals surface area contributed by atoms with E-state index in [1.807, 2.05) is 0 Å². The van der Waals surface area contributed by atoms with Gasteiger partial charge in [-0.15, -0.1) is 0 Å². The maximum absolute atomic E-state index is 13.7. The smallest absolute Gasteiger partial charge is 0.338 e. The van der Waals surface area contributed by atoms with E-state index in [1.165, 1.54) is 37.0 Å². The van der Waals surface area contributed by atoms with Crippen LogP contribution in [0, 0.1) is 13.7 Å². The number of ether oxygens (including phenoxy) is 3. The highest BCUT2D eigenvalue weighted by Gasteiger charge is 2.34. The van der Waals surface area contributed by atoms with E-state index < -0.39 is 33.9 Å². The molecule has 1 aromatic heterocycles. The predicted molar refractivity (Wildman–Crippen MR) is 147 cm³/mol. The van der Waals surface area contributed by atoms with Crippen molar-refractivity contribution >= 4 is 51.7 Å². The average Bonchev–Trinajstić information content (AvgIpc) is 3.18. The van der Waals surface area contributed by atoms with Crippen molar-refractivity contribution in [1.29, 1.82) is 0 Å². The standard InChI is InChI=1S/C25H22IN3O8S/c1-5-37-24(32)20-12(2)27-25-28(21(20)14-6-7-17(35-3)18(11-14)36-4)23(31)19(38-25)10-13-8-15(26)22(30)16(9-13)29(33)34/h6-11,21,30H,5H2,1-4H3/b19-10-/t21-/m0/s1. The Morgan fingerprint density at radius 2 is 1.97 bits per heavy atom. The number of allylic oxidation sites excluding steroid dienone is 1. The second kappa shape index (κ2) is 10.9. The zero-order chi connectivity index (χ0) is 27.7. The lowest BCUT2D eigenvalue weighted by Crippen LogP contribution is -2.40. The number of benzene rings is 2. The first-order chi connectivity index (χ1) is 18.1. The van der Waals surface area contributed by atoms with Crippen LogP contribution in [0.25, 0.3) is 6.08 Å². The molecular formula is C25H22IN3O8S. The van der Waals surface area contributed by atoms with Crippen molar-refractivity contribution < 1.29 is 29.0 Å². The summed E-state index contributed by atoms with van der Waals surface area (Å²) in [5, 5.41) is 21.4. The molecular weight excluding hydrogens is 629 g/mol. The molecule has 11 nitrogen and oxygen atoms in total. The van der Waals surface area contributed by atoms with Crippen LogP contribution in [-0.2, 0) is 9.53 Å². The van der Waals surface area contributed by atoms with E-state index in [-0.39, 0.29) is 20.3 Å². The van der Waals surface area contributed by atoms with Crippen LogP contribution in [0.5, 0.6) is 17.2 Å². The third-order valence-electron chi connectivity index (χ3n) is 5.80. The van der Waals surface area contributed by atoms with Crippen molar-refractivity contribution in [2.45, 2.75) is 19.9 Å². The summed E-state index contributed by atoms with van der Waals surface area (Å²) in [6, 6.07) is 6.94. The fraction of sp³-hybridized carbons (Fsp3) is 0.240. The van der Waals surface area contributed by atoms with Gasteiger partial charge in [-0.2, -0.15) is 0 Å². The fourth-order valence-corrected chi connectivity index (χ4v) is 5.79. The number of carbonyl (C=O) groups excluding carboxylic acids is 1. The number of thiazole rings is 1. The Morgan fingerprint density at radius 3 is 2.61 bits per heavy atom. The second-order valence-electron chi connectivity index (χ2n) is 8.04. The molecule has 1 aliphatic rings. The van der Waals surface area contributed by atoms with Gasteiger partial charge >= 0.3 is 11.7 Å². The van der Waals surface area contributed by atoms with Crippen LogP contribution >= 0.6 is 33.9 Å². The number of halogens is 1. The average molecular weight is 651 g/mol. The van der Waals surface area contributed by atoms with E-state index in [1.54, 1.807) is 54.6 Å². The molecule has 1 atom stereocenters. The van der Waals surface area contributed by atoms with E-state index in [0.717, 1.165) is 11.3 Å². The lowest BCUT2D eigenvalue weighted by atomic mass is 9.95. The lowest BCUT2D eigenvalue weighted by Gasteiger charge is -2.25. The number of rotatable bonds is 7. The monoisotopic (exact) mass is 651 g/mol. The number of methoxy groups -OCH3 is 2. The molecule has 0 bridgehead atoms. The van der Waals surface area contributed by atoms with Crippen LogP contribution in [0.3, 0.4) is 0 Å². The summed E-state index contributed by atoms with van der Waals surface area (Å²) >= 11 is 2.87. The summed E-state index contributed by atoms with van der Waals surface area (Å²) < 4.78 is 18.0. The van der Waals surface area contributed by atoms with Gasteiger partial charge < -0.3 is 19.3 Å². The SMILES string of the molecule is CCOC(=O)C1=C(C)N=c2s/c(=C\c3cc(I)c(O)c([N+](=O)[O-])c3)c(=O)n2[C@H]1c1ccc(OC)c(OC)c1. The largest absolute Gasteiger partial charge is 0.501 e. The van der Waals surface area contributed by atoms with Gasteiger partial charge in [-0.1, -0.05) is 17.4 Å². The molecule has 0 saturated heterocycles. The van der Waals surface area contributed by atoms with Gasteiger partial charge in [0.15, 0.2) is 16.3 Å². The van der Waals surface area contributed by atoms with E-state index in [9.17, 15) is 24.8 Å². The van der Waals surface area contributed by atoms with Gasteiger partial charge in [-0.3, -0.25) is 19.5 Å². The van der Waals surface area contributed by atoms with Crippen molar-refractivity contribution in [1.82, 2.24) is 4.57 Å². The number of nitrogens with zero attached hydrogens (tertiary/aromatic N) is 3. The van der Waals surface area contributed by atoms with Crippen molar-refractivity contribution in [3.63, 3.8) is 0 Å². The molecule has 3 aromatic rings. The molecule has 2 heterocycles. The van der Waals surface area contributed by atoms with Crippen LogP contribution in [0.2, 0.25) is 0 Å². The number of hydrogen-bond acceptors (Lipinski definition) is 10. The Balaban J connectivity index is 1.98. The Bertz CT molecular complexity index is 1670. The lowest BCUT2D eigenvalue weighted by molar-refractivity contribution is -0.386. The molecule has 38 heavy (non-hydrogen) atoms. The van der Waals surface area contributed by atoms with Crippen LogP contribution in [0.4, 0.5) is 5.69 Å². The molecule has 0 amide bonds. The van der Waals surface area contributed by atoms with E-state index >= 15 is 0 Å². The minimum Gasteiger partial charge on any atom is -0.501 e. The minimum atomic E-state index is -0.874. The maximum Gasteiger partial charge on any atom is 0.338 e. The van der Waals surface area contributed by atoms with Gasteiger partial charge in [0.2, 0.25) is 5.75 Å². The first-order valence-electron chi connectivity index (χ1n) is 11.2. The van der Waals surface area contributed by atoms with Gasteiger partial charge in [0, 0.05) is 6.07 Å². The number of hydrogen-bond donors (Lipinski definition) is 1. The number of phenols is 1. The van der Waals surface area contributed by atoms with Gasteiger partial charge in [0.25, 0.3) is 5.56 Å². The second-order valence-corrected chi connectivity index (χ2v) is 10.2. The topological polar surface area (TPSA) is 142 Å². The summed E-state index contributed by atoms with van der Waals surface area (Å²) in [5.74, 6) is -0.162. The number of nitro groups is 1. The highest BCUT2D eigenvalue weighted by atomic mass is 127. The van der Waals surface area contributed by atoms with Crippen molar-refractivity contribution in [3.8, 4) is 17.2 Å². The molecule has 1 N–H and O–H groups in total. The first-order valence-corrected chi connectivity index (χ1v) is 13.1. The summed E-state index contributed by atoms with van der Waals surface area (Å²) in [6.45, 7) is 3.49. The third-order valence-corrected chi connectivity index (χ3v) is 7.61. The number of fused-ring (bicyclic) bond motifs is 1. The predicted octanol–water partition coefficient (Wildman–Crippen LogP) is 3.03. The molecule has 13 heteroatoms. The molecule has 0 aliphatic carbocycles. The summed E-state index contributed by atoms with van der Waals surface area (Å²) in [6.07, 6.45) is 1.49. The molecule has 0 fully saturated rings. The normalized spacial score (nSPS) is 15.1. The zero-order valence-electron chi connectivity index (χ0n) is 20.7. The van der Waals surface area contributed by atoms with Crippen LogP contribution in [0.1, 0.15) is 31.0 Å². The van der Waals surface area contributed by atoms with E-state index in [0.29, 0.717) is 33.1 Å². The van der Waals surface area contributed by atoms with Crippen LogP contribution in [0.15, 0.2) is 51.4 Å². The van der Waals surface area contributed by atoms with Crippen molar-refractivity contribution in [3.05, 3.63) is 86.1 Å². The van der Waals surface area contributed by atoms with Gasteiger partial charge in [-0.05, 0) is 71.8 Å². The maximum atomic E-state index is 13.7. The molecule has 0 unspecified atom stereocenters. The number of carbonyl (C=O) groups is 1. The highest BCUT2D eigenvalue weighted by molar-refractivity contribution is 14.1. The van der Waals surface area contributed by atoms with E-state index in [4.69, 9.17) is 14.2 Å². The first kappa shape index (κ1) is 27.3. The van der Waals surface area contributed by atoms with Crippen molar-refractivity contribution in [2.75, 3.05) is 20.8 Å². The molecule has 4 rings (SSSR count). The zero-order valence-corrected chi connectivity index (χ0v) is 23.7. The van der Waals surface area contributed by atoms with Gasteiger partial charge in [0.1, 0.15) is 0 Å². The Morgan fingerprint density at radius 1 is 1.26 bits per heavy atom. The Labute approximate surface area is 233 Å². The molecule has 0 spiro atoms. The van der Waals surface area contributed by atoms with Crippen LogP contribution < -0.4 is 24.4 Å². The number of nitro benzene ring substituents is 1. The molecule has 1 aliphatic heterocycles. The number of aromatic nitrogens is 1. The van der Waals surface area contributed by atoms with Gasteiger partial charge in [0.05, 0.1) is 51.2 Å². The number of aromatic hydroxyl groups is 1. The number of phenolic OH excluding ortho intramolecular Hbond substituents is 1. The third kappa shape index (κ3) is 4.90. The molecule has 0 radical (unpaired) electrons. The summed E-state index contributed by atoms with van der Waals surface area (Å²) in [5.41, 5.74) is 0.600. The van der Waals surface area contributed by atoms with E-state index in [2.05, 4.69) is 4.99 Å². The highest BCUT2D eigenvalue weighted by Crippen LogP contribution is 2.36. The van der Waals surface area contributed by atoms with Gasteiger partial charge in [-0.25, -0.2) is 9.79 Å². The molecule has 0 saturated carbocycles. The number of esters is 1. The summed E-state index contributed by atoms with van der Waals surface area (Å²) in [7, 11) is 2.99. The summed E-state index contributed by atoms with van der Waals surface area (Å²) in [4.78, 5) is 42.3. The minimum absolute atomic E-state index is 0.136.